The summed E-state index contributed by atoms with van der Waals surface area (Å²) in [4.78, 5) is 16.7. The van der Waals surface area contributed by atoms with Crippen LogP contribution in [0.5, 0.6) is 0 Å². The Morgan fingerprint density at radius 1 is 1.33 bits per heavy atom. The lowest BCUT2D eigenvalue weighted by molar-refractivity contribution is -0.120. The van der Waals surface area contributed by atoms with Crippen LogP contribution in [0.15, 0.2) is 24.4 Å². The fraction of sp³-hybridized carbons (Fsp3) is 0.286. The van der Waals surface area contributed by atoms with Gasteiger partial charge in [-0.1, -0.05) is 23.2 Å². The van der Waals surface area contributed by atoms with Crippen molar-refractivity contribution < 1.29 is 9.53 Å². The number of amides is 1. The van der Waals surface area contributed by atoms with E-state index in [0.717, 1.165) is 10.4 Å². The first-order chi connectivity index (χ1) is 10.1. The number of carbonyl (C=O) groups is 1. The van der Waals surface area contributed by atoms with E-state index >= 15 is 0 Å². The Hall–Kier alpha value is -1.14. The number of carbonyl (C=O) groups excluding carboxylic acids is 1. The molecule has 1 N–H and O–H groups in total. The smallest absolute Gasteiger partial charge is 0.252 e. The topological polar surface area (TPSA) is 51.2 Å². The molecule has 2 aromatic rings. The number of thiazole rings is 1. The van der Waals surface area contributed by atoms with Gasteiger partial charge in [0.1, 0.15) is 6.61 Å². The third-order valence-corrected chi connectivity index (χ3v) is 3.89. The van der Waals surface area contributed by atoms with E-state index in [4.69, 9.17) is 27.9 Å². The molecule has 0 unspecified atom stereocenters. The maximum Gasteiger partial charge on any atom is 0.252 e. The molecule has 0 aliphatic heterocycles. The van der Waals surface area contributed by atoms with Gasteiger partial charge in [-0.15, -0.1) is 11.3 Å². The van der Waals surface area contributed by atoms with Crippen molar-refractivity contribution in [3.63, 3.8) is 0 Å². The Bertz CT molecular complexity index is 611. The Kier molecular flexibility index (Phi) is 5.99. The molecule has 0 aliphatic carbocycles. The second-order valence-corrected chi connectivity index (χ2v) is 6.26. The van der Waals surface area contributed by atoms with Crippen molar-refractivity contribution in [1.29, 1.82) is 0 Å². The molecule has 0 fully saturated rings. The van der Waals surface area contributed by atoms with Gasteiger partial charge in [0.25, 0.3) is 5.91 Å². The second-order valence-electron chi connectivity index (χ2n) is 4.27. The van der Waals surface area contributed by atoms with Crippen molar-refractivity contribution in [2.45, 2.75) is 13.3 Å². The van der Waals surface area contributed by atoms with Crippen LogP contribution in [0.4, 0.5) is 5.13 Å². The molecule has 1 aromatic carbocycles. The number of ether oxygens (including phenoxy) is 1. The highest BCUT2D eigenvalue weighted by molar-refractivity contribution is 7.15. The normalized spacial score (nSPS) is 10.6. The maximum atomic E-state index is 11.5. The van der Waals surface area contributed by atoms with Crippen LogP contribution < -0.4 is 5.32 Å². The van der Waals surface area contributed by atoms with Gasteiger partial charge < -0.3 is 4.74 Å². The molecular weight excluding hydrogens is 331 g/mol. The minimum absolute atomic E-state index is 0.0370. The molecule has 0 saturated carbocycles. The first-order valence-corrected chi connectivity index (χ1v) is 7.91. The van der Waals surface area contributed by atoms with Gasteiger partial charge in [0.2, 0.25) is 0 Å². The van der Waals surface area contributed by atoms with E-state index in [1.54, 1.807) is 12.3 Å². The van der Waals surface area contributed by atoms with Gasteiger partial charge in [0, 0.05) is 34.1 Å². The number of nitrogens with one attached hydrogen (secondary N) is 1. The minimum atomic E-state index is -0.205. The highest BCUT2D eigenvalue weighted by Crippen LogP contribution is 2.25. The van der Waals surface area contributed by atoms with E-state index in [2.05, 4.69) is 10.3 Å². The summed E-state index contributed by atoms with van der Waals surface area (Å²) in [5.41, 5.74) is 1.00. The van der Waals surface area contributed by atoms with Gasteiger partial charge in [0.15, 0.2) is 5.13 Å². The van der Waals surface area contributed by atoms with Gasteiger partial charge in [-0.25, -0.2) is 4.98 Å². The van der Waals surface area contributed by atoms with E-state index in [0.29, 0.717) is 28.2 Å². The number of hydrogen-bond acceptors (Lipinski definition) is 4. The largest absolute Gasteiger partial charge is 0.372 e. The summed E-state index contributed by atoms with van der Waals surface area (Å²) < 4.78 is 5.03. The lowest BCUT2D eigenvalue weighted by Crippen LogP contribution is -2.17. The molecule has 21 heavy (non-hydrogen) atoms. The summed E-state index contributed by atoms with van der Waals surface area (Å²) >= 11 is 13.4. The molecule has 0 saturated heterocycles. The van der Waals surface area contributed by atoms with Crippen LogP contribution in [-0.2, 0) is 16.0 Å². The average molecular weight is 345 g/mol. The molecular formula is C14H14Cl2N2O2S. The summed E-state index contributed by atoms with van der Waals surface area (Å²) in [5, 5.41) is 4.46. The zero-order chi connectivity index (χ0) is 15.2. The van der Waals surface area contributed by atoms with Gasteiger partial charge in [0.05, 0.1) is 0 Å². The molecule has 1 heterocycles. The van der Waals surface area contributed by atoms with Crippen molar-refractivity contribution >= 4 is 45.6 Å². The number of halogens is 2. The predicted octanol–water partition coefficient (Wildman–Crippen LogP) is 4.02. The van der Waals surface area contributed by atoms with Crippen molar-refractivity contribution in [2.75, 3.05) is 18.5 Å². The number of aromatic nitrogens is 1. The Morgan fingerprint density at radius 3 is 2.71 bits per heavy atom. The predicted molar refractivity (Wildman–Crippen MR) is 86.5 cm³/mol. The van der Waals surface area contributed by atoms with Gasteiger partial charge in [-0.05, 0) is 30.7 Å². The fourth-order valence-electron chi connectivity index (χ4n) is 1.71. The van der Waals surface area contributed by atoms with E-state index in [-0.39, 0.29) is 12.5 Å². The summed E-state index contributed by atoms with van der Waals surface area (Å²) in [6.07, 6.45) is 2.40. The highest BCUT2D eigenvalue weighted by atomic mass is 35.5. The molecule has 2 rings (SSSR count). The van der Waals surface area contributed by atoms with Gasteiger partial charge in [-0.3, -0.25) is 10.1 Å². The summed E-state index contributed by atoms with van der Waals surface area (Å²) in [7, 11) is 0. The van der Waals surface area contributed by atoms with E-state index < -0.39 is 0 Å². The van der Waals surface area contributed by atoms with Crippen molar-refractivity contribution in [1.82, 2.24) is 4.98 Å². The quantitative estimate of drug-likeness (QED) is 0.860. The van der Waals surface area contributed by atoms with Crippen LogP contribution in [-0.4, -0.2) is 24.1 Å². The first-order valence-electron chi connectivity index (χ1n) is 6.34. The number of anilines is 1. The minimum Gasteiger partial charge on any atom is -0.372 e. The van der Waals surface area contributed by atoms with E-state index in [1.807, 2.05) is 19.1 Å². The lowest BCUT2D eigenvalue weighted by atomic mass is 10.1. The lowest BCUT2D eigenvalue weighted by Gasteiger charge is -2.01. The third-order valence-electron chi connectivity index (χ3n) is 2.54. The fourth-order valence-corrected chi connectivity index (χ4v) is 3.15. The average Bonchev–Trinajstić information content (AvgIpc) is 2.82. The zero-order valence-corrected chi connectivity index (χ0v) is 13.7. The van der Waals surface area contributed by atoms with Crippen LogP contribution in [0.25, 0.3) is 0 Å². The Balaban J connectivity index is 1.98. The van der Waals surface area contributed by atoms with Crippen LogP contribution in [0, 0.1) is 0 Å². The van der Waals surface area contributed by atoms with Crippen LogP contribution in [0.2, 0.25) is 10.0 Å². The number of nitrogens with zero attached hydrogens (tertiary/aromatic N) is 1. The second kappa shape index (κ2) is 7.75. The van der Waals surface area contributed by atoms with Crippen LogP contribution >= 0.6 is 34.5 Å². The number of rotatable bonds is 6. The van der Waals surface area contributed by atoms with Crippen molar-refractivity contribution in [3.8, 4) is 0 Å². The van der Waals surface area contributed by atoms with E-state index in [1.165, 1.54) is 11.3 Å². The molecule has 0 spiro atoms. The van der Waals surface area contributed by atoms with Gasteiger partial charge in [-0.2, -0.15) is 0 Å². The summed E-state index contributed by atoms with van der Waals surface area (Å²) in [6, 6.07) is 5.42. The highest BCUT2D eigenvalue weighted by Gasteiger charge is 2.08. The molecule has 7 heteroatoms. The maximum absolute atomic E-state index is 11.5. The zero-order valence-electron chi connectivity index (χ0n) is 11.4. The summed E-state index contributed by atoms with van der Waals surface area (Å²) in [6.45, 7) is 2.38. The van der Waals surface area contributed by atoms with E-state index in [9.17, 15) is 4.79 Å². The standard InChI is InChI=1S/C14H14Cl2N2O2S/c1-2-20-8-13(19)18-14-17-7-12(21-14)5-9-3-10(15)6-11(16)4-9/h3-4,6-7H,2,5,8H2,1H3,(H,17,18,19). The Morgan fingerprint density at radius 2 is 2.05 bits per heavy atom. The number of hydrogen-bond donors (Lipinski definition) is 1. The van der Waals surface area contributed by atoms with Gasteiger partial charge >= 0.3 is 0 Å². The molecule has 0 radical (unpaired) electrons. The molecule has 4 nitrogen and oxygen atoms in total. The Labute approximate surface area is 137 Å². The van der Waals surface area contributed by atoms with Crippen molar-refractivity contribution in [3.05, 3.63) is 44.9 Å². The molecule has 0 atom stereocenters. The molecule has 1 amide bonds. The third kappa shape index (κ3) is 5.28. The molecule has 0 aliphatic rings. The van der Waals surface area contributed by atoms with Crippen LogP contribution in [0.1, 0.15) is 17.4 Å². The molecule has 0 bridgehead atoms. The SMILES string of the molecule is CCOCC(=O)Nc1ncc(Cc2cc(Cl)cc(Cl)c2)s1. The molecule has 112 valence electrons. The van der Waals surface area contributed by atoms with Crippen molar-refractivity contribution in [2.24, 2.45) is 0 Å². The number of benzene rings is 1. The summed E-state index contributed by atoms with van der Waals surface area (Å²) in [5.74, 6) is -0.205. The van der Waals surface area contributed by atoms with Crippen LogP contribution in [0.3, 0.4) is 0 Å². The first kappa shape index (κ1) is 16.2. The monoisotopic (exact) mass is 344 g/mol. The molecule has 1 aromatic heterocycles.